The molecule has 0 unspecified atom stereocenters. The van der Waals surface area contributed by atoms with Crippen molar-refractivity contribution < 1.29 is 13.9 Å². The number of amides is 1. The molecular formula is C14H18BrFN2O2. The summed E-state index contributed by atoms with van der Waals surface area (Å²) in [6.45, 7) is 1.49. The highest BCUT2D eigenvalue weighted by molar-refractivity contribution is 9.10. The maximum Gasteiger partial charge on any atom is 0.260 e. The molecule has 0 aromatic heterocycles. The number of hydrogen-bond donors (Lipinski definition) is 1. The highest BCUT2D eigenvalue weighted by Crippen LogP contribution is 2.32. The van der Waals surface area contributed by atoms with Gasteiger partial charge in [-0.05, 0) is 34.8 Å². The summed E-state index contributed by atoms with van der Waals surface area (Å²) in [5.74, 6) is -0.183. The van der Waals surface area contributed by atoms with E-state index in [0.717, 1.165) is 25.9 Å². The van der Waals surface area contributed by atoms with Crippen LogP contribution in [0, 0.1) is 5.82 Å². The van der Waals surface area contributed by atoms with E-state index in [9.17, 15) is 9.18 Å². The lowest BCUT2D eigenvalue weighted by molar-refractivity contribution is -0.133. The van der Waals surface area contributed by atoms with E-state index in [1.54, 1.807) is 0 Å². The van der Waals surface area contributed by atoms with Crippen LogP contribution >= 0.6 is 15.9 Å². The molecule has 0 bridgehead atoms. The van der Waals surface area contributed by atoms with Crippen molar-refractivity contribution in [2.24, 2.45) is 0 Å². The topological polar surface area (TPSA) is 55.6 Å². The minimum atomic E-state index is -0.444. The van der Waals surface area contributed by atoms with Crippen molar-refractivity contribution in [2.45, 2.75) is 25.7 Å². The first-order valence-corrected chi connectivity index (χ1v) is 7.52. The fourth-order valence-electron chi connectivity index (χ4n) is 2.28. The lowest BCUT2D eigenvalue weighted by atomic mass is 10.2. The van der Waals surface area contributed by atoms with E-state index in [2.05, 4.69) is 15.9 Å². The molecule has 2 rings (SSSR count). The molecule has 0 radical (unpaired) electrons. The third-order valence-corrected chi connectivity index (χ3v) is 3.92. The number of rotatable bonds is 3. The fourth-order valence-corrected chi connectivity index (χ4v) is 2.84. The van der Waals surface area contributed by atoms with E-state index in [-0.39, 0.29) is 18.2 Å². The van der Waals surface area contributed by atoms with Crippen molar-refractivity contribution in [1.82, 2.24) is 4.90 Å². The van der Waals surface area contributed by atoms with Gasteiger partial charge in [0, 0.05) is 19.2 Å². The Hall–Kier alpha value is -1.30. The standard InChI is InChI=1S/C14H18BrFN2O2/c15-11-7-10(16)8-12(17)14(11)20-9-13(19)18-5-3-1-2-4-6-18/h7-8H,1-6,9,17H2. The van der Waals surface area contributed by atoms with Crippen LogP contribution in [0.15, 0.2) is 16.6 Å². The smallest absolute Gasteiger partial charge is 0.260 e. The van der Waals surface area contributed by atoms with Crippen LogP contribution in [0.3, 0.4) is 0 Å². The van der Waals surface area contributed by atoms with E-state index in [1.165, 1.54) is 25.0 Å². The van der Waals surface area contributed by atoms with E-state index >= 15 is 0 Å². The number of ether oxygens (including phenoxy) is 1. The zero-order valence-corrected chi connectivity index (χ0v) is 12.8. The van der Waals surface area contributed by atoms with Gasteiger partial charge >= 0.3 is 0 Å². The van der Waals surface area contributed by atoms with Crippen LogP contribution in [0.5, 0.6) is 5.75 Å². The second kappa shape index (κ2) is 6.92. The average Bonchev–Trinajstić information content (AvgIpc) is 2.66. The van der Waals surface area contributed by atoms with Crippen molar-refractivity contribution >= 4 is 27.5 Å². The van der Waals surface area contributed by atoms with Crippen molar-refractivity contribution in [1.29, 1.82) is 0 Å². The normalized spacial score (nSPS) is 15.8. The molecule has 1 amide bonds. The molecule has 0 saturated carbocycles. The van der Waals surface area contributed by atoms with Crippen molar-refractivity contribution in [3.05, 3.63) is 22.4 Å². The van der Waals surface area contributed by atoms with E-state index < -0.39 is 5.82 Å². The summed E-state index contributed by atoms with van der Waals surface area (Å²) < 4.78 is 19.0. The third kappa shape index (κ3) is 3.85. The first-order chi connectivity index (χ1) is 9.58. The molecule has 0 atom stereocenters. The lowest BCUT2D eigenvalue weighted by Gasteiger charge is -2.20. The van der Waals surface area contributed by atoms with E-state index in [1.807, 2.05) is 4.90 Å². The molecule has 4 nitrogen and oxygen atoms in total. The van der Waals surface area contributed by atoms with Gasteiger partial charge in [-0.3, -0.25) is 4.79 Å². The molecular weight excluding hydrogens is 327 g/mol. The Bertz CT molecular complexity index is 465. The second-order valence-corrected chi connectivity index (χ2v) is 5.74. The van der Waals surface area contributed by atoms with E-state index in [0.29, 0.717) is 10.2 Å². The number of carbonyl (C=O) groups is 1. The molecule has 1 heterocycles. The number of hydrogen-bond acceptors (Lipinski definition) is 3. The van der Waals surface area contributed by atoms with E-state index in [4.69, 9.17) is 10.5 Å². The highest BCUT2D eigenvalue weighted by atomic mass is 79.9. The fraction of sp³-hybridized carbons (Fsp3) is 0.500. The SMILES string of the molecule is Nc1cc(F)cc(Br)c1OCC(=O)N1CCCCCC1. The highest BCUT2D eigenvalue weighted by Gasteiger charge is 2.17. The molecule has 6 heteroatoms. The molecule has 1 fully saturated rings. The van der Waals surface area contributed by atoms with Gasteiger partial charge in [0.05, 0.1) is 10.2 Å². The molecule has 1 aliphatic rings. The molecule has 2 N–H and O–H groups in total. The van der Waals surface area contributed by atoms with Crippen molar-refractivity contribution in [3.8, 4) is 5.75 Å². The number of nitrogen functional groups attached to an aromatic ring is 1. The van der Waals surface area contributed by atoms with Gasteiger partial charge in [0.15, 0.2) is 12.4 Å². The predicted molar refractivity (Wildman–Crippen MR) is 79.1 cm³/mol. The van der Waals surface area contributed by atoms with Gasteiger partial charge in [-0.15, -0.1) is 0 Å². The Balaban J connectivity index is 1.96. The maximum atomic E-state index is 13.1. The maximum absolute atomic E-state index is 13.1. The zero-order chi connectivity index (χ0) is 14.5. The van der Waals surface area contributed by atoms with Crippen LogP contribution < -0.4 is 10.5 Å². The van der Waals surface area contributed by atoms with Gasteiger partial charge < -0.3 is 15.4 Å². The number of nitrogens with zero attached hydrogens (tertiary/aromatic N) is 1. The van der Waals surface area contributed by atoms with Gasteiger partial charge in [-0.2, -0.15) is 0 Å². The second-order valence-electron chi connectivity index (χ2n) is 4.89. The number of nitrogens with two attached hydrogens (primary N) is 1. The largest absolute Gasteiger partial charge is 0.480 e. The number of benzene rings is 1. The number of halogens is 2. The molecule has 1 aromatic carbocycles. The van der Waals surface area contributed by atoms with Crippen molar-refractivity contribution in [2.75, 3.05) is 25.4 Å². The van der Waals surface area contributed by atoms with Crippen LogP contribution in [0.1, 0.15) is 25.7 Å². The monoisotopic (exact) mass is 344 g/mol. The molecule has 20 heavy (non-hydrogen) atoms. The zero-order valence-electron chi connectivity index (χ0n) is 11.2. The number of carbonyl (C=O) groups excluding carboxylic acids is 1. The van der Waals surface area contributed by atoms with Crippen LogP contribution in [0.4, 0.5) is 10.1 Å². The summed E-state index contributed by atoms with van der Waals surface area (Å²) in [6.07, 6.45) is 4.41. The minimum Gasteiger partial charge on any atom is -0.480 e. The summed E-state index contributed by atoms with van der Waals surface area (Å²) in [7, 11) is 0. The predicted octanol–water partition coefficient (Wildman–Crippen LogP) is 2.95. The third-order valence-electron chi connectivity index (χ3n) is 3.34. The van der Waals surface area contributed by atoms with Crippen LogP contribution in [0.2, 0.25) is 0 Å². The summed E-state index contributed by atoms with van der Waals surface area (Å²) >= 11 is 3.19. The molecule has 0 spiro atoms. The van der Waals surface area contributed by atoms with Gasteiger partial charge in [0.25, 0.3) is 5.91 Å². The average molecular weight is 345 g/mol. The molecule has 0 aliphatic carbocycles. The summed E-state index contributed by atoms with van der Waals surface area (Å²) in [6, 6.07) is 2.44. The molecule has 110 valence electrons. The van der Waals surface area contributed by atoms with Crippen LogP contribution in [-0.4, -0.2) is 30.5 Å². The van der Waals surface area contributed by atoms with Crippen LogP contribution in [0.25, 0.3) is 0 Å². The summed E-state index contributed by atoms with van der Waals surface area (Å²) in [4.78, 5) is 13.9. The van der Waals surface area contributed by atoms with Gasteiger partial charge in [0.2, 0.25) is 0 Å². The van der Waals surface area contributed by atoms with Gasteiger partial charge in [-0.1, -0.05) is 12.8 Å². The minimum absolute atomic E-state index is 0.0532. The molecule has 1 saturated heterocycles. The first-order valence-electron chi connectivity index (χ1n) is 6.73. The van der Waals surface area contributed by atoms with Crippen molar-refractivity contribution in [3.63, 3.8) is 0 Å². The first kappa shape index (κ1) is 15.1. The Morgan fingerprint density at radius 1 is 1.30 bits per heavy atom. The Morgan fingerprint density at radius 3 is 2.55 bits per heavy atom. The Labute approximate surface area is 126 Å². The number of likely N-dealkylation sites (tertiary alicyclic amines) is 1. The van der Waals surface area contributed by atoms with Gasteiger partial charge in [0.1, 0.15) is 5.82 Å². The Morgan fingerprint density at radius 2 is 1.95 bits per heavy atom. The van der Waals surface area contributed by atoms with Crippen LogP contribution in [-0.2, 0) is 4.79 Å². The quantitative estimate of drug-likeness (QED) is 0.857. The number of anilines is 1. The molecule has 1 aromatic rings. The molecule has 1 aliphatic heterocycles. The summed E-state index contributed by atoms with van der Waals surface area (Å²) in [5.41, 5.74) is 5.87. The lowest BCUT2D eigenvalue weighted by Crippen LogP contribution is -2.35. The summed E-state index contributed by atoms with van der Waals surface area (Å²) in [5, 5.41) is 0. The Kier molecular flexibility index (Phi) is 5.23. The van der Waals surface area contributed by atoms with Gasteiger partial charge in [-0.25, -0.2) is 4.39 Å².